The second-order valence-corrected chi connectivity index (χ2v) is 9.38. The van der Waals surface area contributed by atoms with Gasteiger partial charge in [0.25, 0.3) is 0 Å². The van der Waals surface area contributed by atoms with Crippen molar-refractivity contribution >= 4 is 22.6 Å². The zero-order valence-electron chi connectivity index (χ0n) is 22.4. The lowest BCUT2D eigenvalue weighted by molar-refractivity contribution is 0.0357. The highest BCUT2D eigenvalue weighted by atomic mass is 19.1. The van der Waals surface area contributed by atoms with Crippen LogP contribution in [0.25, 0.3) is 10.9 Å². The predicted molar refractivity (Wildman–Crippen MR) is 147 cm³/mol. The minimum Gasteiger partial charge on any atom is -0.493 e. The molecule has 2 amide bonds. The molecule has 1 aromatic heterocycles. The first-order valence-electron chi connectivity index (χ1n) is 13.1. The van der Waals surface area contributed by atoms with E-state index in [9.17, 15) is 9.18 Å². The summed E-state index contributed by atoms with van der Waals surface area (Å²) in [6.07, 6.45) is 3.11. The van der Waals surface area contributed by atoms with Gasteiger partial charge in [-0.25, -0.2) is 9.18 Å². The lowest BCUT2D eigenvalue weighted by Gasteiger charge is -2.26. The Morgan fingerprint density at radius 3 is 2.74 bits per heavy atom. The summed E-state index contributed by atoms with van der Waals surface area (Å²) in [5.41, 5.74) is 6.36. The fourth-order valence-corrected chi connectivity index (χ4v) is 4.15. The van der Waals surface area contributed by atoms with Gasteiger partial charge in [-0.15, -0.1) is 0 Å². The summed E-state index contributed by atoms with van der Waals surface area (Å²) in [6.45, 7) is 7.16. The molecular formula is C28H36FN5O5. The molecule has 4 N–H and O–H groups in total. The number of methoxy groups -OCH3 is 1. The SMILES string of the molecule is COc1cc2c(Oc3ccc(NC(=O)NCCC(C)N)c(F)c3)ccnc2cc1OCCCN1CCOCC1. The van der Waals surface area contributed by atoms with Crippen LogP contribution in [0.3, 0.4) is 0 Å². The van der Waals surface area contributed by atoms with Crippen molar-refractivity contribution in [3.63, 3.8) is 0 Å². The summed E-state index contributed by atoms with van der Waals surface area (Å²) in [5, 5.41) is 5.83. The molecule has 1 atom stereocenters. The highest BCUT2D eigenvalue weighted by Crippen LogP contribution is 2.37. The van der Waals surface area contributed by atoms with Gasteiger partial charge in [-0.2, -0.15) is 0 Å². The molecule has 0 spiro atoms. The lowest BCUT2D eigenvalue weighted by atomic mass is 10.1. The molecule has 2 heterocycles. The molecule has 4 rings (SSSR count). The van der Waals surface area contributed by atoms with Crippen LogP contribution >= 0.6 is 0 Å². The highest BCUT2D eigenvalue weighted by molar-refractivity contribution is 5.90. The number of hydrogen-bond acceptors (Lipinski definition) is 8. The monoisotopic (exact) mass is 541 g/mol. The minimum absolute atomic E-state index is 0.0348. The van der Waals surface area contributed by atoms with Crippen molar-refractivity contribution in [3.05, 3.63) is 48.4 Å². The molecule has 1 unspecified atom stereocenters. The Labute approximate surface area is 227 Å². The van der Waals surface area contributed by atoms with Crippen LogP contribution in [-0.4, -0.2) is 75.1 Å². The number of morpholine rings is 1. The zero-order chi connectivity index (χ0) is 27.6. The van der Waals surface area contributed by atoms with Crippen LogP contribution in [0.1, 0.15) is 19.8 Å². The van der Waals surface area contributed by atoms with Crippen molar-refractivity contribution in [3.8, 4) is 23.0 Å². The lowest BCUT2D eigenvalue weighted by Crippen LogP contribution is -2.37. The molecule has 0 aliphatic carbocycles. The third kappa shape index (κ3) is 8.16. The number of halogens is 1. The van der Waals surface area contributed by atoms with Gasteiger partial charge >= 0.3 is 6.03 Å². The standard InChI is InChI=1S/C28H36FN5O5/c1-19(30)6-8-32-28(35)33-23-5-4-20(16-22(23)29)39-25-7-9-31-24-18-27(26(36-2)17-21(24)25)38-13-3-10-34-11-14-37-15-12-34/h4-5,7,9,16-19H,3,6,8,10-15,30H2,1-2H3,(H2,32,33,35). The van der Waals surface area contributed by atoms with E-state index in [-0.39, 0.29) is 17.5 Å². The van der Waals surface area contributed by atoms with Crippen molar-refractivity contribution in [2.75, 3.05) is 58.4 Å². The van der Waals surface area contributed by atoms with Crippen molar-refractivity contribution in [2.24, 2.45) is 5.73 Å². The number of fused-ring (bicyclic) bond motifs is 1. The number of amides is 2. The molecule has 1 aliphatic rings. The third-order valence-electron chi connectivity index (χ3n) is 6.27. The van der Waals surface area contributed by atoms with Gasteiger partial charge in [0.1, 0.15) is 17.3 Å². The van der Waals surface area contributed by atoms with Crippen LogP contribution in [0.15, 0.2) is 42.6 Å². The molecule has 0 saturated carbocycles. The summed E-state index contributed by atoms with van der Waals surface area (Å²) in [5.74, 6) is 1.26. The van der Waals surface area contributed by atoms with Crippen molar-refractivity contribution in [1.29, 1.82) is 0 Å². The Hall–Kier alpha value is -3.67. The van der Waals surface area contributed by atoms with Crippen LogP contribution < -0.4 is 30.6 Å². The van der Waals surface area contributed by atoms with E-state index in [0.29, 0.717) is 47.7 Å². The van der Waals surface area contributed by atoms with E-state index in [1.54, 1.807) is 31.5 Å². The van der Waals surface area contributed by atoms with E-state index in [2.05, 4.69) is 20.5 Å². The van der Waals surface area contributed by atoms with E-state index in [1.807, 2.05) is 13.0 Å². The molecular weight excluding hydrogens is 505 g/mol. The molecule has 10 nitrogen and oxygen atoms in total. The van der Waals surface area contributed by atoms with Gasteiger partial charge in [0.2, 0.25) is 0 Å². The number of hydrogen-bond donors (Lipinski definition) is 3. The molecule has 2 aromatic carbocycles. The number of rotatable bonds is 12. The Bertz CT molecular complexity index is 1250. The maximum absolute atomic E-state index is 14.7. The molecule has 11 heteroatoms. The smallest absolute Gasteiger partial charge is 0.319 e. The van der Waals surface area contributed by atoms with Crippen molar-refractivity contribution in [2.45, 2.75) is 25.8 Å². The van der Waals surface area contributed by atoms with E-state index >= 15 is 0 Å². The third-order valence-corrected chi connectivity index (χ3v) is 6.27. The maximum Gasteiger partial charge on any atom is 0.319 e. The molecule has 39 heavy (non-hydrogen) atoms. The normalized spacial score (nSPS) is 14.6. The van der Waals surface area contributed by atoms with Crippen LogP contribution in [0.2, 0.25) is 0 Å². The summed E-state index contributed by atoms with van der Waals surface area (Å²) >= 11 is 0. The summed E-state index contributed by atoms with van der Waals surface area (Å²) < 4.78 is 37.7. The Morgan fingerprint density at radius 2 is 2.00 bits per heavy atom. The number of pyridine rings is 1. The first-order chi connectivity index (χ1) is 18.9. The minimum atomic E-state index is -0.626. The number of anilines is 1. The van der Waals surface area contributed by atoms with Gasteiger partial charge in [-0.05, 0) is 44.0 Å². The van der Waals surface area contributed by atoms with Crippen molar-refractivity contribution in [1.82, 2.24) is 15.2 Å². The molecule has 3 aromatic rings. The molecule has 1 fully saturated rings. The number of nitrogens with two attached hydrogens (primary N) is 1. The zero-order valence-corrected chi connectivity index (χ0v) is 22.4. The second-order valence-electron chi connectivity index (χ2n) is 9.38. The second kappa shape index (κ2) is 13.9. The molecule has 1 aliphatic heterocycles. The van der Waals surface area contributed by atoms with E-state index < -0.39 is 11.8 Å². The predicted octanol–water partition coefficient (Wildman–Crippen LogP) is 4.13. The number of urea groups is 1. The van der Waals surface area contributed by atoms with E-state index in [4.69, 9.17) is 24.7 Å². The summed E-state index contributed by atoms with van der Waals surface area (Å²) in [7, 11) is 1.58. The number of benzene rings is 2. The van der Waals surface area contributed by atoms with Gasteiger partial charge in [-0.3, -0.25) is 9.88 Å². The Kier molecular flexibility index (Phi) is 10.1. The molecule has 0 bridgehead atoms. The average molecular weight is 542 g/mol. The number of aromatic nitrogens is 1. The number of ether oxygens (including phenoxy) is 4. The van der Waals surface area contributed by atoms with Crippen LogP contribution in [0.4, 0.5) is 14.9 Å². The molecule has 0 radical (unpaired) electrons. The van der Waals surface area contributed by atoms with Gasteiger partial charge in [0.15, 0.2) is 11.5 Å². The Balaban J connectivity index is 1.40. The molecule has 210 valence electrons. The first-order valence-corrected chi connectivity index (χ1v) is 13.1. The largest absolute Gasteiger partial charge is 0.493 e. The number of nitrogens with zero attached hydrogens (tertiary/aromatic N) is 2. The van der Waals surface area contributed by atoms with E-state index in [0.717, 1.165) is 39.3 Å². The number of nitrogens with one attached hydrogen (secondary N) is 2. The van der Waals surface area contributed by atoms with E-state index in [1.165, 1.54) is 12.1 Å². The quantitative estimate of drug-likeness (QED) is 0.293. The van der Waals surface area contributed by atoms with Crippen molar-refractivity contribution < 1.29 is 28.1 Å². The summed E-state index contributed by atoms with van der Waals surface area (Å²) in [4.78, 5) is 18.8. The topological polar surface area (TPSA) is 120 Å². The highest BCUT2D eigenvalue weighted by Gasteiger charge is 2.15. The fraction of sp³-hybridized carbons (Fsp3) is 0.429. The van der Waals surface area contributed by atoms with Crippen LogP contribution in [-0.2, 0) is 4.74 Å². The Morgan fingerprint density at radius 1 is 1.18 bits per heavy atom. The first kappa shape index (κ1) is 28.3. The summed E-state index contributed by atoms with van der Waals surface area (Å²) in [6, 6.07) is 9.01. The van der Waals surface area contributed by atoms with Gasteiger partial charge in [0.05, 0.1) is 38.1 Å². The number of carbonyl (C=O) groups is 1. The van der Waals surface area contributed by atoms with Gasteiger partial charge < -0.3 is 35.3 Å². The van der Waals surface area contributed by atoms with Gasteiger partial charge in [0, 0.05) is 55.9 Å². The fourth-order valence-electron chi connectivity index (χ4n) is 4.15. The molecule has 1 saturated heterocycles. The van der Waals surface area contributed by atoms with Crippen LogP contribution in [0.5, 0.6) is 23.0 Å². The van der Waals surface area contributed by atoms with Crippen LogP contribution in [0, 0.1) is 5.82 Å². The average Bonchev–Trinajstić information content (AvgIpc) is 2.92. The number of carbonyl (C=O) groups excluding carboxylic acids is 1. The maximum atomic E-state index is 14.7. The van der Waals surface area contributed by atoms with Gasteiger partial charge in [-0.1, -0.05) is 0 Å².